The van der Waals surface area contributed by atoms with E-state index in [0.717, 1.165) is 109 Å². The summed E-state index contributed by atoms with van der Waals surface area (Å²) in [6, 6.07) is 0. The van der Waals surface area contributed by atoms with Crippen molar-refractivity contribution in [3.05, 3.63) is 24.3 Å². The van der Waals surface area contributed by atoms with E-state index in [-0.39, 0.29) is 25.7 Å². The van der Waals surface area contributed by atoms with Gasteiger partial charge in [0, 0.05) is 25.7 Å². The van der Waals surface area contributed by atoms with Crippen LogP contribution >= 0.6 is 15.6 Å². The normalized spacial score (nSPS) is 14.1. The van der Waals surface area contributed by atoms with Gasteiger partial charge in [0.1, 0.15) is 19.3 Å². The molecule has 0 heterocycles. The van der Waals surface area contributed by atoms with Gasteiger partial charge < -0.3 is 33.8 Å². The Morgan fingerprint density at radius 1 is 0.295 bits per heavy atom. The monoisotopic (exact) mass is 1390 g/mol. The first-order valence-corrected chi connectivity index (χ1v) is 42.1. The van der Waals surface area contributed by atoms with Crippen molar-refractivity contribution in [1.82, 2.24) is 0 Å². The summed E-state index contributed by atoms with van der Waals surface area (Å²) >= 11 is 0. The van der Waals surface area contributed by atoms with Gasteiger partial charge in [-0.05, 0) is 51.4 Å². The van der Waals surface area contributed by atoms with E-state index in [1.165, 1.54) is 193 Å². The highest BCUT2D eigenvalue weighted by atomic mass is 31.2. The highest BCUT2D eigenvalue weighted by Gasteiger charge is 2.30. The summed E-state index contributed by atoms with van der Waals surface area (Å²) < 4.78 is 68.5. The molecule has 0 rings (SSSR count). The number of ether oxygens (including phenoxy) is 4. The van der Waals surface area contributed by atoms with Crippen molar-refractivity contribution < 1.29 is 80.2 Å². The van der Waals surface area contributed by atoms with Gasteiger partial charge in [-0.15, -0.1) is 0 Å². The number of hydrogen-bond acceptors (Lipinski definition) is 15. The van der Waals surface area contributed by atoms with Crippen LogP contribution in [0.2, 0.25) is 0 Å². The van der Waals surface area contributed by atoms with Gasteiger partial charge in [-0.25, -0.2) is 9.13 Å². The lowest BCUT2D eigenvalue weighted by Crippen LogP contribution is -2.30. The van der Waals surface area contributed by atoms with Crippen molar-refractivity contribution in [3.8, 4) is 0 Å². The molecule has 0 aromatic rings. The number of unbranched alkanes of at least 4 members (excludes halogenated alkanes) is 46. The molecule has 0 radical (unpaired) electrons. The lowest BCUT2D eigenvalue weighted by atomic mass is 10.0. The first-order valence-electron chi connectivity index (χ1n) is 39.1. The number of phosphoric ester groups is 2. The standard InChI is InChI=1S/C76H144O17P2/c1-5-9-13-17-21-25-29-32-35-37-40-43-47-51-55-59-63-76(81)93-72(67-87-74(79)61-57-53-49-45-41-39-36-33-30-26-22-18-14-10-6-2)69-91-95(84,85)89-65-70(77)64-88-94(82,83)90-68-71(66-86-73(78)60-56-52-48-44-28-24-20-16-12-8-4)92-75(80)62-58-54-50-46-42-38-34-31-27-23-19-15-11-7-3/h26,30,33,36,70-72,77H,5-25,27-29,31-32,34-35,37-69H2,1-4H3,(H,82,83)(H,84,85)/b30-26-,36-33-/t70-,71+,72+/m0/s1. The molecule has 0 bridgehead atoms. The lowest BCUT2D eigenvalue weighted by Gasteiger charge is -2.21. The predicted molar refractivity (Wildman–Crippen MR) is 386 cm³/mol. The Balaban J connectivity index is 5.28. The molecule has 0 aromatic heterocycles. The number of carbonyl (C=O) groups excluding carboxylic acids is 4. The minimum Gasteiger partial charge on any atom is -0.462 e. The molecular formula is C76H144O17P2. The highest BCUT2D eigenvalue weighted by molar-refractivity contribution is 7.47. The molecule has 2 unspecified atom stereocenters. The van der Waals surface area contributed by atoms with Crippen molar-refractivity contribution in [2.45, 2.75) is 399 Å². The third kappa shape index (κ3) is 69.8. The van der Waals surface area contributed by atoms with Crippen LogP contribution in [0.5, 0.6) is 0 Å². The van der Waals surface area contributed by atoms with E-state index in [0.29, 0.717) is 25.7 Å². The number of allylic oxidation sites excluding steroid dienone is 4. The topological polar surface area (TPSA) is 237 Å². The summed E-state index contributed by atoms with van der Waals surface area (Å²) in [4.78, 5) is 72.8. The number of phosphoric acid groups is 2. The first kappa shape index (κ1) is 92.5. The van der Waals surface area contributed by atoms with Gasteiger partial charge in [-0.3, -0.25) is 37.3 Å². The summed E-state index contributed by atoms with van der Waals surface area (Å²) in [5, 5.41) is 10.6. The summed E-state index contributed by atoms with van der Waals surface area (Å²) in [5.74, 6) is -2.14. The van der Waals surface area contributed by atoms with Gasteiger partial charge in [0.15, 0.2) is 12.2 Å². The summed E-state index contributed by atoms with van der Waals surface area (Å²) in [7, 11) is -9.92. The van der Waals surface area contributed by atoms with Crippen molar-refractivity contribution >= 4 is 39.5 Å². The molecule has 0 aliphatic heterocycles. The summed E-state index contributed by atoms with van der Waals surface area (Å²) in [6.07, 6.45) is 63.0. The maximum Gasteiger partial charge on any atom is 0.472 e. The zero-order valence-electron chi connectivity index (χ0n) is 61.1. The molecule has 95 heavy (non-hydrogen) atoms. The fraction of sp³-hybridized carbons (Fsp3) is 0.895. The zero-order chi connectivity index (χ0) is 69.7. The van der Waals surface area contributed by atoms with Gasteiger partial charge in [-0.2, -0.15) is 0 Å². The lowest BCUT2D eigenvalue weighted by molar-refractivity contribution is -0.161. The van der Waals surface area contributed by atoms with Gasteiger partial charge in [0.2, 0.25) is 0 Å². The Bertz CT molecular complexity index is 1900. The average Bonchev–Trinajstić information content (AvgIpc) is 1.95. The summed E-state index contributed by atoms with van der Waals surface area (Å²) in [5.41, 5.74) is 0. The second-order valence-electron chi connectivity index (χ2n) is 26.7. The molecular weight excluding hydrogens is 1250 g/mol. The number of hydrogen-bond donors (Lipinski definition) is 3. The quantitative estimate of drug-likeness (QED) is 0.0169. The smallest absolute Gasteiger partial charge is 0.462 e. The first-order chi connectivity index (χ1) is 46.2. The fourth-order valence-corrected chi connectivity index (χ4v) is 12.8. The van der Waals surface area contributed by atoms with E-state index >= 15 is 0 Å². The predicted octanol–water partition coefficient (Wildman–Crippen LogP) is 22.2. The van der Waals surface area contributed by atoms with Crippen LogP contribution < -0.4 is 0 Å². The molecule has 0 spiro atoms. The number of esters is 4. The second kappa shape index (κ2) is 70.0. The van der Waals surface area contributed by atoms with Crippen LogP contribution in [0.25, 0.3) is 0 Å². The highest BCUT2D eigenvalue weighted by Crippen LogP contribution is 2.45. The molecule has 0 aromatic carbocycles. The van der Waals surface area contributed by atoms with E-state index in [2.05, 4.69) is 52.0 Å². The van der Waals surface area contributed by atoms with Gasteiger partial charge >= 0.3 is 39.5 Å². The molecule has 0 saturated carbocycles. The van der Waals surface area contributed by atoms with Crippen LogP contribution in [0.3, 0.4) is 0 Å². The molecule has 17 nitrogen and oxygen atoms in total. The fourth-order valence-electron chi connectivity index (χ4n) is 11.2. The maximum absolute atomic E-state index is 13.1. The van der Waals surface area contributed by atoms with Crippen LogP contribution in [0.1, 0.15) is 381 Å². The third-order valence-corrected chi connectivity index (χ3v) is 19.1. The van der Waals surface area contributed by atoms with Crippen LogP contribution in [-0.4, -0.2) is 96.7 Å². The third-order valence-electron chi connectivity index (χ3n) is 17.2. The van der Waals surface area contributed by atoms with Crippen molar-refractivity contribution in [2.24, 2.45) is 0 Å². The molecule has 0 aliphatic rings. The molecule has 3 N–H and O–H groups in total. The average molecular weight is 1390 g/mol. The van der Waals surface area contributed by atoms with E-state index in [4.69, 9.17) is 37.0 Å². The zero-order valence-corrected chi connectivity index (χ0v) is 62.9. The molecule has 0 saturated heterocycles. The molecule has 560 valence electrons. The van der Waals surface area contributed by atoms with Crippen LogP contribution in [0, 0.1) is 0 Å². The SMILES string of the molecule is CCCCCC/C=C\C=C/CCCCCCCC(=O)OC[C@H](COP(=O)(O)OC[C@@H](O)COP(=O)(O)OC[C@@H](COC(=O)CCCCCCCCCCCC)OC(=O)CCCCCCCCCCCCCCCC)OC(=O)CCCCCCCCCCCCCCCCCC. The second-order valence-corrected chi connectivity index (χ2v) is 29.6. The molecule has 0 aliphatic carbocycles. The molecule has 0 amide bonds. The minimum absolute atomic E-state index is 0.102. The van der Waals surface area contributed by atoms with E-state index < -0.39 is 97.5 Å². The Labute approximate surface area is 580 Å². The number of aliphatic hydroxyl groups excluding tert-OH is 1. The number of carbonyl (C=O) groups is 4. The molecule has 5 atom stereocenters. The van der Waals surface area contributed by atoms with Crippen LogP contribution in [-0.2, 0) is 65.4 Å². The largest absolute Gasteiger partial charge is 0.472 e. The van der Waals surface area contributed by atoms with Crippen molar-refractivity contribution in [1.29, 1.82) is 0 Å². The van der Waals surface area contributed by atoms with E-state index in [9.17, 15) is 43.2 Å². The van der Waals surface area contributed by atoms with Crippen molar-refractivity contribution in [3.63, 3.8) is 0 Å². The Kier molecular flexibility index (Phi) is 68.2. The summed E-state index contributed by atoms with van der Waals surface area (Å²) in [6.45, 7) is 4.92. The Hall–Kier alpha value is -2.46. The van der Waals surface area contributed by atoms with E-state index in [1.807, 2.05) is 0 Å². The maximum atomic E-state index is 13.1. The number of rotatable bonds is 75. The van der Waals surface area contributed by atoms with E-state index in [1.54, 1.807) is 0 Å². The van der Waals surface area contributed by atoms with Gasteiger partial charge in [-0.1, -0.05) is 328 Å². The number of aliphatic hydroxyl groups is 1. The molecule has 19 heteroatoms. The van der Waals surface area contributed by atoms with Crippen LogP contribution in [0.4, 0.5) is 0 Å². The Morgan fingerprint density at radius 3 is 0.768 bits per heavy atom. The van der Waals surface area contributed by atoms with Crippen molar-refractivity contribution in [2.75, 3.05) is 39.6 Å². The van der Waals surface area contributed by atoms with Gasteiger partial charge in [0.05, 0.1) is 26.4 Å². The van der Waals surface area contributed by atoms with Gasteiger partial charge in [0.25, 0.3) is 0 Å². The molecule has 0 fully saturated rings. The minimum atomic E-state index is -4.96. The van der Waals surface area contributed by atoms with Crippen LogP contribution in [0.15, 0.2) is 24.3 Å². The Morgan fingerprint density at radius 2 is 0.505 bits per heavy atom.